The SMILES string of the molecule is CCc1nnc(C)cc1-c1nc2ccc(N)cc2s1. The van der Waals surface area contributed by atoms with E-state index < -0.39 is 0 Å². The Hall–Kier alpha value is -2.01. The molecule has 96 valence electrons. The lowest BCUT2D eigenvalue weighted by Crippen LogP contribution is -1.96. The molecule has 1 aromatic carbocycles. The monoisotopic (exact) mass is 270 g/mol. The molecule has 0 unspecified atom stereocenters. The van der Waals surface area contributed by atoms with Crippen LogP contribution in [-0.4, -0.2) is 15.2 Å². The number of fused-ring (bicyclic) bond motifs is 1. The lowest BCUT2D eigenvalue weighted by atomic mass is 10.1. The molecule has 3 rings (SSSR count). The van der Waals surface area contributed by atoms with Gasteiger partial charge in [-0.1, -0.05) is 6.92 Å². The highest BCUT2D eigenvalue weighted by Gasteiger charge is 2.12. The van der Waals surface area contributed by atoms with Crippen molar-refractivity contribution in [2.45, 2.75) is 20.3 Å². The minimum Gasteiger partial charge on any atom is -0.399 e. The van der Waals surface area contributed by atoms with E-state index in [2.05, 4.69) is 22.1 Å². The average molecular weight is 270 g/mol. The Morgan fingerprint density at radius 1 is 1.21 bits per heavy atom. The Morgan fingerprint density at radius 2 is 2.05 bits per heavy atom. The molecule has 5 heteroatoms. The van der Waals surface area contributed by atoms with Gasteiger partial charge in [-0.3, -0.25) is 0 Å². The second-order valence-corrected chi connectivity index (χ2v) is 5.48. The van der Waals surface area contributed by atoms with E-state index in [9.17, 15) is 0 Å². The number of hydrogen-bond acceptors (Lipinski definition) is 5. The Balaban J connectivity index is 2.21. The summed E-state index contributed by atoms with van der Waals surface area (Å²) in [6.07, 6.45) is 0.848. The highest BCUT2D eigenvalue weighted by molar-refractivity contribution is 7.21. The van der Waals surface area contributed by atoms with E-state index in [4.69, 9.17) is 5.73 Å². The summed E-state index contributed by atoms with van der Waals surface area (Å²) in [7, 11) is 0. The van der Waals surface area contributed by atoms with Gasteiger partial charge in [0.2, 0.25) is 0 Å². The van der Waals surface area contributed by atoms with Crippen LogP contribution in [0.25, 0.3) is 20.8 Å². The average Bonchev–Trinajstić information content (AvgIpc) is 2.81. The molecule has 0 radical (unpaired) electrons. The first-order valence-electron chi connectivity index (χ1n) is 6.17. The molecule has 2 N–H and O–H groups in total. The van der Waals surface area contributed by atoms with Gasteiger partial charge in [0.1, 0.15) is 5.01 Å². The van der Waals surface area contributed by atoms with E-state index in [1.54, 1.807) is 11.3 Å². The van der Waals surface area contributed by atoms with Gasteiger partial charge in [0.15, 0.2) is 0 Å². The molecule has 3 aromatic rings. The molecule has 4 nitrogen and oxygen atoms in total. The third-order valence-corrected chi connectivity index (χ3v) is 4.02. The van der Waals surface area contributed by atoms with Gasteiger partial charge in [0, 0.05) is 11.3 Å². The predicted octanol–water partition coefficient (Wildman–Crippen LogP) is 3.21. The summed E-state index contributed by atoms with van der Waals surface area (Å²) >= 11 is 1.64. The number of benzene rings is 1. The molecule has 0 aliphatic rings. The number of nitrogen functional groups attached to an aromatic ring is 1. The minimum absolute atomic E-state index is 0.766. The fourth-order valence-electron chi connectivity index (χ4n) is 2.02. The Bertz CT molecular complexity index is 748. The van der Waals surface area contributed by atoms with Crippen LogP contribution in [0, 0.1) is 6.92 Å². The van der Waals surface area contributed by atoms with E-state index in [1.165, 1.54) is 0 Å². The van der Waals surface area contributed by atoms with Crippen LogP contribution in [0.2, 0.25) is 0 Å². The minimum atomic E-state index is 0.766. The van der Waals surface area contributed by atoms with Crippen LogP contribution >= 0.6 is 11.3 Å². The van der Waals surface area contributed by atoms with Crippen molar-refractivity contribution in [3.05, 3.63) is 35.7 Å². The van der Waals surface area contributed by atoms with Crippen LogP contribution in [0.5, 0.6) is 0 Å². The smallest absolute Gasteiger partial charge is 0.126 e. The number of nitrogens with two attached hydrogens (primary N) is 1. The largest absolute Gasteiger partial charge is 0.399 e. The first kappa shape index (κ1) is 12.0. The van der Waals surface area contributed by atoms with Crippen molar-refractivity contribution < 1.29 is 0 Å². The van der Waals surface area contributed by atoms with Gasteiger partial charge in [0.25, 0.3) is 0 Å². The summed E-state index contributed by atoms with van der Waals surface area (Å²) in [6, 6.07) is 7.84. The lowest BCUT2D eigenvalue weighted by Gasteiger charge is -2.03. The van der Waals surface area contributed by atoms with Crippen LogP contribution in [0.3, 0.4) is 0 Å². The van der Waals surface area contributed by atoms with Gasteiger partial charge < -0.3 is 5.73 Å². The molecule has 0 fully saturated rings. The second-order valence-electron chi connectivity index (χ2n) is 4.45. The van der Waals surface area contributed by atoms with E-state index in [0.29, 0.717) is 0 Å². The highest BCUT2D eigenvalue weighted by atomic mass is 32.1. The van der Waals surface area contributed by atoms with E-state index >= 15 is 0 Å². The number of rotatable bonds is 2. The van der Waals surface area contributed by atoms with Gasteiger partial charge in [0.05, 0.1) is 21.6 Å². The molecule has 0 saturated carbocycles. The number of aryl methyl sites for hydroxylation is 2. The van der Waals surface area contributed by atoms with E-state index in [0.717, 1.165) is 44.3 Å². The Kier molecular flexibility index (Phi) is 2.91. The maximum Gasteiger partial charge on any atom is 0.126 e. The molecule has 0 atom stereocenters. The fraction of sp³-hybridized carbons (Fsp3) is 0.214. The molecule has 0 saturated heterocycles. The third-order valence-electron chi connectivity index (χ3n) is 2.97. The zero-order valence-corrected chi connectivity index (χ0v) is 11.7. The van der Waals surface area contributed by atoms with Gasteiger partial charge in [-0.05, 0) is 37.6 Å². The van der Waals surface area contributed by atoms with Gasteiger partial charge in [-0.25, -0.2) is 4.98 Å². The van der Waals surface area contributed by atoms with Crippen molar-refractivity contribution in [2.24, 2.45) is 0 Å². The highest BCUT2D eigenvalue weighted by Crippen LogP contribution is 2.32. The summed E-state index contributed by atoms with van der Waals surface area (Å²) in [6.45, 7) is 4.02. The van der Waals surface area contributed by atoms with Crippen LogP contribution in [0.15, 0.2) is 24.3 Å². The van der Waals surface area contributed by atoms with Crippen LogP contribution < -0.4 is 5.73 Å². The van der Waals surface area contributed by atoms with Gasteiger partial charge in [-0.2, -0.15) is 10.2 Å². The molecule has 0 amide bonds. The summed E-state index contributed by atoms with van der Waals surface area (Å²) < 4.78 is 1.10. The van der Waals surface area contributed by atoms with Crippen molar-refractivity contribution in [3.63, 3.8) is 0 Å². The molecule has 0 aliphatic heterocycles. The van der Waals surface area contributed by atoms with Gasteiger partial charge >= 0.3 is 0 Å². The van der Waals surface area contributed by atoms with E-state index in [1.807, 2.05) is 31.2 Å². The molecule has 2 heterocycles. The van der Waals surface area contributed by atoms with Gasteiger partial charge in [-0.15, -0.1) is 11.3 Å². The summed E-state index contributed by atoms with van der Waals surface area (Å²) in [5.74, 6) is 0. The molecular weight excluding hydrogens is 256 g/mol. The lowest BCUT2D eigenvalue weighted by molar-refractivity contribution is 0.896. The first-order chi connectivity index (χ1) is 9.17. The summed E-state index contributed by atoms with van der Waals surface area (Å²) in [4.78, 5) is 4.67. The molecule has 19 heavy (non-hydrogen) atoms. The van der Waals surface area contributed by atoms with Crippen molar-refractivity contribution in [1.82, 2.24) is 15.2 Å². The maximum absolute atomic E-state index is 5.81. The number of aromatic nitrogens is 3. The number of nitrogens with zero attached hydrogens (tertiary/aromatic N) is 3. The van der Waals surface area contributed by atoms with Crippen molar-refractivity contribution in [2.75, 3.05) is 5.73 Å². The maximum atomic E-state index is 5.81. The number of anilines is 1. The molecule has 2 aromatic heterocycles. The standard InChI is InChI=1S/C14H14N4S/c1-3-11-10(6-8(2)17-18-11)14-16-12-5-4-9(15)7-13(12)19-14/h4-7H,3,15H2,1-2H3. The third kappa shape index (κ3) is 2.17. The predicted molar refractivity (Wildman–Crippen MR) is 79.2 cm³/mol. The van der Waals surface area contributed by atoms with Crippen LogP contribution in [0.1, 0.15) is 18.3 Å². The molecule has 0 spiro atoms. The first-order valence-corrected chi connectivity index (χ1v) is 6.98. The number of hydrogen-bond donors (Lipinski definition) is 1. The summed E-state index contributed by atoms with van der Waals surface area (Å²) in [5.41, 5.74) is 10.5. The summed E-state index contributed by atoms with van der Waals surface area (Å²) in [5, 5.41) is 9.35. The molecule has 0 aliphatic carbocycles. The zero-order chi connectivity index (χ0) is 13.4. The zero-order valence-electron chi connectivity index (χ0n) is 10.8. The van der Waals surface area contributed by atoms with Crippen LogP contribution in [-0.2, 0) is 6.42 Å². The molecular formula is C14H14N4S. The topological polar surface area (TPSA) is 64.7 Å². The normalized spacial score (nSPS) is 11.1. The Morgan fingerprint density at radius 3 is 2.84 bits per heavy atom. The van der Waals surface area contributed by atoms with Crippen molar-refractivity contribution in [1.29, 1.82) is 0 Å². The fourth-order valence-corrected chi connectivity index (χ4v) is 3.07. The molecule has 0 bridgehead atoms. The van der Waals surface area contributed by atoms with Crippen molar-refractivity contribution in [3.8, 4) is 10.6 Å². The van der Waals surface area contributed by atoms with Crippen LogP contribution in [0.4, 0.5) is 5.69 Å². The van der Waals surface area contributed by atoms with E-state index in [-0.39, 0.29) is 0 Å². The van der Waals surface area contributed by atoms with Crippen molar-refractivity contribution >= 4 is 27.2 Å². The quantitative estimate of drug-likeness (QED) is 0.726. The second kappa shape index (κ2) is 4.59. The Labute approximate surface area is 115 Å². The number of thiazole rings is 1.